The molecule has 8 nitrogen and oxygen atoms in total. The normalized spacial score (nSPS) is 19.1. The number of fused-ring (bicyclic) bond motifs is 1. The van der Waals surface area contributed by atoms with Crippen LogP contribution in [0.1, 0.15) is 27.7 Å². The monoisotopic (exact) mass is 545 g/mol. The van der Waals surface area contributed by atoms with Crippen LogP contribution in [0, 0.1) is 0 Å². The van der Waals surface area contributed by atoms with Crippen molar-refractivity contribution < 1.29 is 22.5 Å². The van der Waals surface area contributed by atoms with Crippen molar-refractivity contribution in [2.75, 3.05) is 31.2 Å². The third kappa shape index (κ3) is 4.45. The van der Waals surface area contributed by atoms with Gasteiger partial charge in [-0.15, -0.1) is 0 Å². The average Bonchev–Trinajstić information content (AvgIpc) is 3.43. The van der Waals surface area contributed by atoms with Gasteiger partial charge in [-0.05, 0) is 75.1 Å². The Labute approximate surface area is 229 Å². The maximum atomic E-state index is 14.1. The molecule has 2 aliphatic heterocycles. The number of morpholine rings is 1. The first-order valence-electron chi connectivity index (χ1n) is 13.2. The summed E-state index contributed by atoms with van der Waals surface area (Å²) in [6.07, 6.45) is 1.62. The van der Waals surface area contributed by atoms with Crippen molar-refractivity contribution in [2.24, 2.45) is 0 Å². The molecule has 0 spiro atoms. The highest BCUT2D eigenvalue weighted by Gasteiger charge is 2.52. The third-order valence-corrected chi connectivity index (χ3v) is 9.74. The molecule has 10 heteroatoms. The summed E-state index contributed by atoms with van der Waals surface area (Å²) < 4.78 is 47.7. The van der Waals surface area contributed by atoms with Crippen LogP contribution in [0.4, 0.5) is 5.69 Å². The molecule has 2 saturated heterocycles. The van der Waals surface area contributed by atoms with Gasteiger partial charge in [0.2, 0.25) is 0 Å². The van der Waals surface area contributed by atoms with Crippen LogP contribution in [0.15, 0.2) is 77.8 Å². The summed E-state index contributed by atoms with van der Waals surface area (Å²) >= 11 is 0. The van der Waals surface area contributed by atoms with Crippen LogP contribution < -0.4 is 10.4 Å². The molecule has 39 heavy (non-hydrogen) atoms. The van der Waals surface area contributed by atoms with Gasteiger partial charge in [0.25, 0.3) is 10.0 Å². The van der Waals surface area contributed by atoms with Crippen LogP contribution in [0.5, 0.6) is 0 Å². The quantitative estimate of drug-likeness (QED) is 0.350. The van der Waals surface area contributed by atoms with Crippen molar-refractivity contribution in [3.63, 3.8) is 0 Å². The van der Waals surface area contributed by atoms with Gasteiger partial charge in [0.05, 0.1) is 35.0 Å². The lowest BCUT2D eigenvalue weighted by molar-refractivity contribution is 0.00578. The molecule has 0 unspecified atom stereocenters. The molecular weight excluding hydrogens is 513 g/mol. The van der Waals surface area contributed by atoms with E-state index < -0.39 is 28.3 Å². The predicted octanol–water partition coefficient (Wildman–Crippen LogP) is 4.08. The van der Waals surface area contributed by atoms with Gasteiger partial charge in [-0.3, -0.25) is 0 Å². The predicted molar refractivity (Wildman–Crippen MR) is 153 cm³/mol. The summed E-state index contributed by atoms with van der Waals surface area (Å²) in [5.74, 6) is 0. The molecule has 0 N–H and O–H groups in total. The van der Waals surface area contributed by atoms with Gasteiger partial charge in [0, 0.05) is 30.4 Å². The van der Waals surface area contributed by atoms with Gasteiger partial charge in [0.1, 0.15) is 0 Å². The lowest BCUT2D eigenvalue weighted by atomic mass is 9.78. The van der Waals surface area contributed by atoms with E-state index in [2.05, 4.69) is 9.88 Å². The average molecular weight is 545 g/mol. The highest BCUT2D eigenvalue weighted by Crippen LogP contribution is 2.38. The van der Waals surface area contributed by atoms with E-state index in [9.17, 15) is 8.42 Å². The first-order valence-corrected chi connectivity index (χ1v) is 14.6. The Bertz CT molecular complexity index is 1600. The number of aromatic nitrogens is 2. The number of pyridine rings is 1. The van der Waals surface area contributed by atoms with Crippen LogP contribution in [0.2, 0.25) is 0 Å². The number of hydrogen-bond acceptors (Lipinski definition) is 7. The van der Waals surface area contributed by atoms with Crippen LogP contribution in [-0.2, 0) is 24.1 Å². The fourth-order valence-electron chi connectivity index (χ4n) is 5.08. The van der Waals surface area contributed by atoms with E-state index in [0.717, 1.165) is 29.8 Å². The Morgan fingerprint density at radius 3 is 2.15 bits per heavy atom. The second-order valence-electron chi connectivity index (χ2n) is 11.0. The molecule has 0 atom stereocenters. The van der Waals surface area contributed by atoms with Gasteiger partial charge in [-0.1, -0.05) is 30.3 Å². The smallest absolute Gasteiger partial charge is 0.399 e. The van der Waals surface area contributed by atoms with Crippen LogP contribution in [0.25, 0.3) is 22.3 Å². The standard InChI is InChI=1S/C29H32BN3O5S/c1-28(2)29(3,4)38-30(37-28)25-14-15-31-27-24(25)20-26(33(27)39(34,35)23-8-6-5-7-9-23)21-10-12-22(13-11-21)32-16-18-36-19-17-32/h5-15,20H,16-19H2,1-4H3. The van der Waals surface area contributed by atoms with E-state index in [0.29, 0.717) is 29.9 Å². The third-order valence-electron chi connectivity index (χ3n) is 8.02. The zero-order valence-corrected chi connectivity index (χ0v) is 23.4. The minimum Gasteiger partial charge on any atom is -0.399 e. The zero-order valence-electron chi connectivity index (χ0n) is 22.6. The molecule has 0 saturated carbocycles. The Balaban J connectivity index is 1.52. The molecule has 4 aromatic rings. The maximum absolute atomic E-state index is 14.1. The molecule has 2 aromatic carbocycles. The second kappa shape index (κ2) is 9.48. The van der Waals surface area contributed by atoms with Crippen molar-refractivity contribution in [3.8, 4) is 11.3 Å². The Kier molecular flexibility index (Phi) is 6.34. The molecule has 2 aromatic heterocycles. The van der Waals surface area contributed by atoms with Gasteiger partial charge < -0.3 is 18.9 Å². The topological polar surface area (TPSA) is 82.9 Å². The SMILES string of the molecule is CC1(C)OB(c2ccnc3c2cc(-c2ccc(N4CCOCC4)cc2)n3S(=O)(=O)c2ccccc2)OC1(C)C. The Morgan fingerprint density at radius 2 is 1.51 bits per heavy atom. The van der Waals surface area contributed by atoms with Gasteiger partial charge >= 0.3 is 7.12 Å². The molecule has 202 valence electrons. The molecule has 0 radical (unpaired) electrons. The molecule has 0 amide bonds. The maximum Gasteiger partial charge on any atom is 0.495 e. The number of ether oxygens (including phenoxy) is 1. The van der Waals surface area contributed by atoms with E-state index in [4.69, 9.17) is 14.0 Å². The van der Waals surface area contributed by atoms with Gasteiger partial charge in [0.15, 0.2) is 5.65 Å². The fourth-order valence-corrected chi connectivity index (χ4v) is 6.58. The second-order valence-corrected chi connectivity index (χ2v) is 12.8. The van der Waals surface area contributed by atoms with E-state index in [1.54, 1.807) is 36.5 Å². The lowest BCUT2D eigenvalue weighted by Gasteiger charge is -2.32. The molecular formula is C29H32BN3O5S. The summed E-state index contributed by atoms with van der Waals surface area (Å²) in [7, 11) is -4.63. The minimum absolute atomic E-state index is 0.191. The first kappa shape index (κ1) is 26.1. The highest BCUT2D eigenvalue weighted by molar-refractivity contribution is 7.90. The van der Waals surface area contributed by atoms with Gasteiger partial charge in [-0.25, -0.2) is 17.4 Å². The van der Waals surface area contributed by atoms with E-state index in [-0.39, 0.29) is 4.90 Å². The summed E-state index contributed by atoms with van der Waals surface area (Å²) in [4.78, 5) is 7.02. The molecule has 6 rings (SSSR count). The first-order chi connectivity index (χ1) is 18.6. The Morgan fingerprint density at radius 1 is 0.872 bits per heavy atom. The zero-order chi connectivity index (χ0) is 27.4. The van der Waals surface area contributed by atoms with Crippen LogP contribution in [-0.4, -0.2) is 62.0 Å². The summed E-state index contributed by atoms with van der Waals surface area (Å²) in [6.45, 7) is 11.0. The van der Waals surface area contributed by atoms with E-state index in [1.807, 2.05) is 64.1 Å². The van der Waals surface area contributed by atoms with Crippen molar-refractivity contribution in [1.29, 1.82) is 0 Å². The number of benzene rings is 2. The molecule has 4 heterocycles. The van der Waals surface area contributed by atoms with Crippen molar-refractivity contribution in [1.82, 2.24) is 8.96 Å². The molecule has 0 bridgehead atoms. The minimum atomic E-state index is -3.97. The summed E-state index contributed by atoms with van der Waals surface area (Å²) in [6, 6.07) is 20.1. The van der Waals surface area contributed by atoms with E-state index >= 15 is 0 Å². The highest BCUT2D eigenvalue weighted by atomic mass is 32.2. The molecule has 2 fully saturated rings. The Hall–Kier alpha value is -3.18. The number of anilines is 1. The number of hydrogen-bond donors (Lipinski definition) is 0. The fraction of sp³-hybridized carbons (Fsp3) is 0.345. The lowest BCUT2D eigenvalue weighted by Crippen LogP contribution is -2.41. The summed E-state index contributed by atoms with van der Waals surface area (Å²) in [5, 5.41) is 0.669. The van der Waals surface area contributed by atoms with Crippen LogP contribution in [0.3, 0.4) is 0 Å². The number of rotatable bonds is 5. The van der Waals surface area contributed by atoms with Gasteiger partial charge in [-0.2, -0.15) is 0 Å². The molecule has 2 aliphatic rings. The van der Waals surface area contributed by atoms with E-state index in [1.165, 1.54) is 3.97 Å². The van der Waals surface area contributed by atoms with Crippen molar-refractivity contribution in [3.05, 3.63) is 72.9 Å². The summed E-state index contributed by atoms with van der Waals surface area (Å²) in [5.41, 5.74) is 2.37. The van der Waals surface area contributed by atoms with Crippen molar-refractivity contribution in [2.45, 2.75) is 43.8 Å². The number of nitrogens with zero attached hydrogens (tertiary/aromatic N) is 3. The largest absolute Gasteiger partial charge is 0.495 e. The van der Waals surface area contributed by atoms with Crippen LogP contribution >= 0.6 is 0 Å². The van der Waals surface area contributed by atoms with Crippen molar-refractivity contribution >= 4 is 39.3 Å². The molecule has 0 aliphatic carbocycles.